The lowest BCUT2D eigenvalue weighted by Crippen LogP contribution is -2.19. The Morgan fingerprint density at radius 2 is 2.29 bits per heavy atom. The van der Waals surface area contributed by atoms with Crippen LogP contribution in [0.1, 0.15) is 25.0 Å². The number of benzene rings is 1. The van der Waals surface area contributed by atoms with E-state index in [2.05, 4.69) is 49.5 Å². The van der Waals surface area contributed by atoms with Crippen LogP contribution in [0.25, 0.3) is 6.08 Å². The molecule has 0 radical (unpaired) electrons. The predicted molar refractivity (Wildman–Crippen MR) is 72.4 cm³/mol. The van der Waals surface area contributed by atoms with Crippen LogP contribution in [0.3, 0.4) is 0 Å². The lowest BCUT2D eigenvalue weighted by molar-refractivity contribution is 0.357. The first-order chi connectivity index (χ1) is 8.25. The predicted octanol–water partition coefficient (Wildman–Crippen LogP) is 2.88. The summed E-state index contributed by atoms with van der Waals surface area (Å²) in [4.78, 5) is 0. The summed E-state index contributed by atoms with van der Waals surface area (Å²) in [6, 6.07) is 6.41. The van der Waals surface area contributed by atoms with Crippen LogP contribution in [0.15, 0.2) is 24.3 Å². The molecule has 0 saturated carbocycles. The van der Waals surface area contributed by atoms with E-state index in [-0.39, 0.29) is 0 Å². The van der Waals surface area contributed by atoms with Crippen LogP contribution in [0.4, 0.5) is 0 Å². The molecule has 1 heterocycles. The van der Waals surface area contributed by atoms with Gasteiger partial charge in [0.25, 0.3) is 0 Å². The molecule has 2 nitrogen and oxygen atoms in total. The van der Waals surface area contributed by atoms with E-state index in [9.17, 15) is 0 Å². The van der Waals surface area contributed by atoms with Crippen LogP contribution in [0.5, 0.6) is 5.75 Å². The number of hydrogen-bond acceptors (Lipinski definition) is 2. The van der Waals surface area contributed by atoms with Crippen molar-refractivity contribution in [3.8, 4) is 5.75 Å². The molecule has 2 heteroatoms. The molecule has 17 heavy (non-hydrogen) atoms. The number of hydrogen-bond donors (Lipinski definition) is 1. The van der Waals surface area contributed by atoms with Gasteiger partial charge in [-0.25, -0.2) is 0 Å². The Morgan fingerprint density at radius 1 is 1.41 bits per heavy atom. The molecular weight excluding hydrogens is 210 g/mol. The summed E-state index contributed by atoms with van der Waals surface area (Å²) >= 11 is 0. The fourth-order valence-corrected chi connectivity index (χ4v) is 1.96. The minimum Gasteiger partial charge on any atom is -0.493 e. The summed E-state index contributed by atoms with van der Waals surface area (Å²) in [5.41, 5.74) is 2.60. The Labute approximate surface area is 104 Å². The zero-order valence-electron chi connectivity index (χ0n) is 10.7. The van der Waals surface area contributed by atoms with Gasteiger partial charge in [0.1, 0.15) is 5.75 Å². The molecule has 0 saturated heterocycles. The SMILES string of the molecule is CC(C)CNCC=Cc1ccc2c(c1)CCO2. The molecular formula is C15H21NO. The van der Waals surface area contributed by atoms with E-state index in [4.69, 9.17) is 4.74 Å². The van der Waals surface area contributed by atoms with Crippen molar-refractivity contribution in [2.24, 2.45) is 5.92 Å². The third-order valence-electron chi connectivity index (χ3n) is 2.84. The van der Waals surface area contributed by atoms with Gasteiger partial charge in [0.15, 0.2) is 0 Å². The molecule has 1 aromatic carbocycles. The molecule has 0 spiro atoms. The third kappa shape index (κ3) is 3.60. The van der Waals surface area contributed by atoms with Gasteiger partial charge in [-0.1, -0.05) is 32.1 Å². The average molecular weight is 231 g/mol. The Hall–Kier alpha value is -1.28. The smallest absolute Gasteiger partial charge is 0.122 e. The molecule has 0 amide bonds. The highest BCUT2D eigenvalue weighted by Crippen LogP contribution is 2.26. The second-order valence-corrected chi connectivity index (χ2v) is 4.92. The monoisotopic (exact) mass is 231 g/mol. The van der Waals surface area contributed by atoms with Crippen molar-refractivity contribution in [3.63, 3.8) is 0 Å². The van der Waals surface area contributed by atoms with E-state index < -0.39 is 0 Å². The minimum absolute atomic E-state index is 0.709. The number of nitrogens with one attached hydrogen (secondary N) is 1. The van der Waals surface area contributed by atoms with E-state index in [1.807, 2.05) is 0 Å². The summed E-state index contributed by atoms with van der Waals surface area (Å²) < 4.78 is 5.49. The Balaban J connectivity index is 1.84. The summed E-state index contributed by atoms with van der Waals surface area (Å²) in [5, 5.41) is 3.40. The van der Waals surface area contributed by atoms with Crippen molar-refractivity contribution in [2.75, 3.05) is 19.7 Å². The molecule has 0 aromatic heterocycles. The first-order valence-corrected chi connectivity index (χ1v) is 6.38. The maximum atomic E-state index is 5.49. The van der Waals surface area contributed by atoms with Crippen LogP contribution in [0, 0.1) is 5.92 Å². The largest absolute Gasteiger partial charge is 0.493 e. The first-order valence-electron chi connectivity index (χ1n) is 6.38. The summed E-state index contributed by atoms with van der Waals surface area (Å²) in [5.74, 6) is 1.76. The second-order valence-electron chi connectivity index (χ2n) is 4.92. The van der Waals surface area contributed by atoms with E-state index in [1.54, 1.807) is 0 Å². The highest BCUT2D eigenvalue weighted by Gasteiger charge is 2.10. The van der Waals surface area contributed by atoms with Crippen LogP contribution in [0.2, 0.25) is 0 Å². The van der Waals surface area contributed by atoms with Crippen molar-refractivity contribution in [1.29, 1.82) is 0 Å². The maximum absolute atomic E-state index is 5.49. The lowest BCUT2D eigenvalue weighted by Gasteiger charge is -2.04. The Bertz CT molecular complexity index is 396. The highest BCUT2D eigenvalue weighted by molar-refractivity contribution is 5.54. The fourth-order valence-electron chi connectivity index (χ4n) is 1.96. The van der Waals surface area contributed by atoms with Crippen molar-refractivity contribution in [3.05, 3.63) is 35.4 Å². The van der Waals surface area contributed by atoms with Gasteiger partial charge in [-0.05, 0) is 35.7 Å². The van der Waals surface area contributed by atoms with Gasteiger partial charge in [-0.2, -0.15) is 0 Å². The van der Waals surface area contributed by atoms with Gasteiger partial charge in [-0.3, -0.25) is 0 Å². The van der Waals surface area contributed by atoms with Gasteiger partial charge >= 0.3 is 0 Å². The molecule has 2 rings (SSSR count). The van der Waals surface area contributed by atoms with Gasteiger partial charge in [-0.15, -0.1) is 0 Å². The molecule has 0 bridgehead atoms. The zero-order chi connectivity index (χ0) is 12.1. The zero-order valence-corrected chi connectivity index (χ0v) is 10.7. The maximum Gasteiger partial charge on any atom is 0.122 e. The second kappa shape index (κ2) is 5.87. The van der Waals surface area contributed by atoms with E-state index in [0.717, 1.165) is 31.9 Å². The molecule has 0 fully saturated rings. The molecule has 0 unspecified atom stereocenters. The quantitative estimate of drug-likeness (QED) is 0.787. The van der Waals surface area contributed by atoms with Gasteiger partial charge in [0.2, 0.25) is 0 Å². The van der Waals surface area contributed by atoms with Gasteiger partial charge < -0.3 is 10.1 Å². The number of ether oxygens (including phenoxy) is 1. The molecule has 0 atom stereocenters. The molecule has 1 N–H and O–H groups in total. The van der Waals surface area contributed by atoms with E-state index >= 15 is 0 Å². The van der Waals surface area contributed by atoms with Gasteiger partial charge in [0, 0.05) is 13.0 Å². The normalized spacial score (nSPS) is 14.3. The van der Waals surface area contributed by atoms with Crippen LogP contribution in [-0.4, -0.2) is 19.7 Å². The molecule has 1 aromatic rings. The van der Waals surface area contributed by atoms with Gasteiger partial charge in [0.05, 0.1) is 6.61 Å². The van der Waals surface area contributed by atoms with Crippen molar-refractivity contribution in [1.82, 2.24) is 5.32 Å². The number of rotatable bonds is 5. The van der Waals surface area contributed by atoms with Crippen LogP contribution >= 0.6 is 0 Å². The fraction of sp³-hybridized carbons (Fsp3) is 0.467. The summed E-state index contributed by atoms with van der Waals surface area (Å²) in [7, 11) is 0. The minimum atomic E-state index is 0.709. The lowest BCUT2D eigenvalue weighted by atomic mass is 10.1. The van der Waals surface area contributed by atoms with Crippen LogP contribution < -0.4 is 10.1 Å². The van der Waals surface area contributed by atoms with Crippen molar-refractivity contribution in [2.45, 2.75) is 20.3 Å². The van der Waals surface area contributed by atoms with E-state index in [1.165, 1.54) is 11.1 Å². The highest BCUT2D eigenvalue weighted by atomic mass is 16.5. The third-order valence-corrected chi connectivity index (χ3v) is 2.84. The van der Waals surface area contributed by atoms with Crippen molar-refractivity contribution < 1.29 is 4.74 Å². The summed E-state index contributed by atoms with van der Waals surface area (Å²) in [6.45, 7) is 7.28. The average Bonchev–Trinajstić information content (AvgIpc) is 2.75. The number of fused-ring (bicyclic) bond motifs is 1. The Morgan fingerprint density at radius 3 is 3.12 bits per heavy atom. The molecule has 0 aliphatic carbocycles. The molecule has 92 valence electrons. The molecule has 1 aliphatic rings. The van der Waals surface area contributed by atoms with Crippen molar-refractivity contribution >= 4 is 6.08 Å². The topological polar surface area (TPSA) is 21.3 Å². The van der Waals surface area contributed by atoms with Crippen LogP contribution in [-0.2, 0) is 6.42 Å². The Kier molecular flexibility index (Phi) is 4.21. The molecule has 1 aliphatic heterocycles. The van der Waals surface area contributed by atoms with E-state index in [0.29, 0.717) is 5.92 Å². The first kappa shape index (κ1) is 12.2. The standard InChI is InChI=1S/C15H21NO/c1-12(2)11-16-8-3-4-13-5-6-15-14(10-13)7-9-17-15/h3-6,10,12,16H,7-9,11H2,1-2H3. The summed E-state index contributed by atoms with van der Waals surface area (Å²) in [6.07, 6.45) is 5.40.